The van der Waals surface area contributed by atoms with Gasteiger partial charge < -0.3 is 11.1 Å². The first-order chi connectivity index (χ1) is 11.5. The number of anilines is 3. The van der Waals surface area contributed by atoms with Crippen molar-refractivity contribution in [1.29, 1.82) is 0 Å². The van der Waals surface area contributed by atoms with Gasteiger partial charge in [-0.25, -0.2) is 8.42 Å². The summed E-state index contributed by atoms with van der Waals surface area (Å²) in [5.74, 6) is 0. The second kappa shape index (κ2) is 6.37. The minimum Gasteiger partial charge on any atom is -0.397 e. The number of hydrogen-bond donors (Lipinski definition) is 2. The molecule has 4 nitrogen and oxygen atoms in total. The third kappa shape index (κ3) is 3.26. The summed E-state index contributed by atoms with van der Waals surface area (Å²) in [4.78, 5) is 0.443. The Hall–Kier alpha value is -2.79. The Kier molecular flexibility index (Phi) is 4.27. The number of para-hydroxylation sites is 1. The van der Waals surface area contributed by atoms with Gasteiger partial charge in [0.1, 0.15) is 0 Å². The predicted octanol–water partition coefficient (Wildman–Crippen LogP) is 4.15. The summed E-state index contributed by atoms with van der Waals surface area (Å²) in [6, 6.07) is 21.1. The first kappa shape index (κ1) is 16.1. The molecule has 0 atom stereocenters. The van der Waals surface area contributed by atoms with Crippen molar-refractivity contribution in [1.82, 2.24) is 0 Å². The molecule has 0 saturated carbocycles. The number of sulfone groups is 1. The molecule has 3 aromatic carbocycles. The summed E-state index contributed by atoms with van der Waals surface area (Å²) < 4.78 is 25.4. The first-order valence-corrected chi connectivity index (χ1v) is 8.98. The predicted molar refractivity (Wildman–Crippen MR) is 97.2 cm³/mol. The van der Waals surface area contributed by atoms with E-state index in [4.69, 9.17) is 5.73 Å². The Labute approximate surface area is 141 Å². The molecule has 0 aliphatic carbocycles. The lowest BCUT2D eigenvalue weighted by Gasteiger charge is -2.11. The zero-order valence-corrected chi connectivity index (χ0v) is 14.0. The van der Waals surface area contributed by atoms with Crippen LogP contribution in [0.3, 0.4) is 0 Å². The Morgan fingerprint density at radius 2 is 1.46 bits per heavy atom. The second-order valence-electron chi connectivity index (χ2n) is 5.56. The maximum absolute atomic E-state index is 12.7. The second-order valence-corrected chi connectivity index (χ2v) is 7.51. The van der Waals surface area contributed by atoms with E-state index in [1.807, 2.05) is 37.3 Å². The van der Waals surface area contributed by atoms with Gasteiger partial charge in [0.2, 0.25) is 9.84 Å². The van der Waals surface area contributed by atoms with Crippen LogP contribution in [-0.2, 0) is 9.84 Å². The summed E-state index contributed by atoms with van der Waals surface area (Å²) in [5, 5.41) is 3.18. The van der Waals surface area contributed by atoms with Crippen molar-refractivity contribution in [2.24, 2.45) is 0 Å². The summed E-state index contributed by atoms with van der Waals surface area (Å²) in [5.41, 5.74) is 8.99. The van der Waals surface area contributed by atoms with E-state index in [1.54, 1.807) is 36.4 Å². The highest BCUT2D eigenvalue weighted by molar-refractivity contribution is 7.91. The van der Waals surface area contributed by atoms with Crippen molar-refractivity contribution in [3.8, 4) is 0 Å². The number of nitrogen functional groups attached to an aromatic ring is 1. The lowest BCUT2D eigenvalue weighted by Crippen LogP contribution is -2.04. The first-order valence-electron chi connectivity index (χ1n) is 7.50. The molecule has 0 bridgehead atoms. The molecule has 24 heavy (non-hydrogen) atoms. The van der Waals surface area contributed by atoms with Gasteiger partial charge in [0.05, 0.1) is 21.2 Å². The Morgan fingerprint density at radius 1 is 0.833 bits per heavy atom. The van der Waals surface area contributed by atoms with Gasteiger partial charge in [-0.05, 0) is 49.4 Å². The highest BCUT2D eigenvalue weighted by Gasteiger charge is 2.18. The van der Waals surface area contributed by atoms with Crippen LogP contribution in [-0.4, -0.2) is 8.42 Å². The number of hydrogen-bond acceptors (Lipinski definition) is 4. The zero-order chi connectivity index (χ0) is 17.2. The Balaban J connectivity index is 1.93. The minimum atomic E-state index is -3.58. The summed E-state index contributed by atoms with van der Waals surface area (Å²) in [6.07, 6.45) is 0. The smallest absolute Gasteiger partial charge is 0.206 e. The molecule has 0 spiro atoms. The molecule has 3 rings (SSSR count). The Morgan fingerprint density at radius 3 is 2.08 bits per heavy atom. The van der Waals surface area contributed by atoms with E-state index in [-0.39, 0.29) is 9.79 Å². The van der Waals surface area contributed by atoms with Crippen molar-refractivity contribution < 1.29 is 8.42 Å². The van der Waals surface area contributed by atoms with Gasteiger partial charge in [0.15, 0.2) is 0 Å². The van der Waals surface area contributed by atoms with E-state index < -0.39 is 9.84 Å². The van der Waals surface area contributed by atoms with Crippen molar-refractivity contribution in [3.63, 3.8) is 0 Å². The summed E-state index contributed by atoms with van der Waals surface area (Å²) >= 11 is 0. The average molecular weight is 338 g/mol. The topological polar surface area (TPSA) is 72.2 Å². The summed E-state index contributed by atoms with van der Waals surface area (Å²) in [6.45, 7) is 1.92. The largest absolute Gasteiger partial charge is 0.397 e. The van der Waals surface area contributed by atoms with E-state index in [1.165, 1.54) is 6.07 Å². The van der Waals surface area contributed by atoms with E-state index in [9.17, 15) is 8.42 Å². The monoisotopic (exact) mass is 338 g/mol. The quantitative estimate of drug-likeness (QED) is 0.701. The molecular weight excluding hydrogens is 320 g/mol. The fraction of sp³-hybridized carbons (Fsp3) is 0.0526. The standard InChI is InChI=1S/C19H18N2O2S/c1-14-7-9-16(10-8-14)24(22,23)17-11-12-19(18(20)13-17)21-15-5-3-2-4-6-15/h2-13,21H,20H2,1H3. The number of nitrogens with one attached hydrogen (secondary N) is 1. The molecule has 0 heterocycles. The van der Waals surface area contributed by atoms with Gasteiger partial charge in [-0.3, -0.25) is 0 Å². The van der Waals surface area contributed by atoms with Crippen molar-refractivity contribution >= 4 is 26.9 Å². The van der Waals surface area contributed by atoms with Gasteiger partial charge in [-0.1, -0.05) is 35.9 Å². The molecule has 3 aromatic rings. The van der Waals surface area contributed by atoms with Crippen LogP contribution in [0.2, 0.25) is 0 Å². The van der Waals surface area contributed by atoms with Gasteiger partial charge in [0, 0.05) is 5.69 Å². The fourth-order valence-corrected chi connectivity index (χ4v) is 3.65. The van der Waals surface area contributed by atoms with Gasteiger partial charge in [-0.15, -0.1) is 0 Å². The highest BCUT2D eigenvalue weighted by Crippen LogP contribution is 2.29. The molecule has 0 aliphatic heterocycles. The van der Waals surface area contributed by atoms with Crippen LogP contribution < -0.4 is 11.1 Å². The minimum absolute atomic E-state index is 0.183. The molecule has 0 amide bonds. The number of nitrogens with two attached hydrogens (primary N) is 1. The van der Waals surface area contributed by atoms with Crippen molar-refractivity contribution in [2.45, 2.75) is 16.7 Å². The van der Waals surface area contributed by atoms with Crippen molar-refractivity contribution in [3.05, 3.63) is 78.4 Å². The molecule has 3 N–H and O–H groups in total. The molecule has 0 unspecified atom stereocenters. The number of aryl methyl sites for hydroxylation is 1. The lowest BCUT2D eigenvalue weighted by molar-refractivity contribution is 0.596. The molecule has 0 saturated heterocycles. The molecule has 0 aromatic heterocycles. The molecule has 122 valence electrons. The lowest BCUT2D eigenvalue weighted by atomic mass is 10.2. The van der Waals surface area contributed by atoms with Crippen LogP contribution in [0.5, 0.6) is 0 Å². The Bertz CT molecular complexity index is 950. The van der Waals surface area contributed by atoms with Crippen LogP contribution >= 0.6 is 0 Å². The highest BCUT2D eigenvalue weighted by atomic mass is 32.2. The van der Waals surface area contributed by atoms with Crippen molar-refractivity contribution in [2.75, 3.05) is 11.1 Å². The third-order valence-electron chi connectivity index (χ3n) is 3.72. The number of benzene rings is 3. The van der Waals surface area contributed by atoms with E-state index in [2.05, 4.69) is 5.32 Å². The van der Waals surface area contributed by atoms with Gasteiger partial charge >= 0.3 is 0 Å². The fourth-order valence-electron chi connectivity index (χ4n) is 2.35. The normalized spacial score (nSPS) is 11.2. The van der Waals surface area contributed by atoms with Crippen LogP contribution in [0.15, 0.2) is 82.6 Å². The van der Waals surface area contributed by atoms with Crippen LogP contribution in [0.4, 0.5) is 17.1 Å². The van der Waals surface area contributed by atoms with E-state index in [0.29, 0.717) is 11.4 Å². The van der Waals surface area contributed by atoms with E-state index >= 15 is 0 Å². The molecule has 0 radical (unpaired) electrons. The maximum Gasteiger partial charge on any atom is 0.206 e. The van der Waals surface area contributed by atoms with Crippen LogP contribution in [0.25, 0.3) is 0 Å². The molecule has 0 fully saturated rings. The SMILES string of the molecule is Cc1ccc(S(=O)(=O)c2ccc(Nc3ccccc3)c(N)c2)cc1. The molecule has 5 heteroatoms. The maximum atomic E-state index is 12.7. The molecule has 0 aliphatic rings. The van der Waals surface area contributed by atoms with Gasteiger partial charge in [0.25, 0.3) is 0 Å². The number of rotatable bonds is 4. The van der Waals surface area contributed by atoms with E-state index in [0.717, 1.165) is 11.3 Å². The van der Waals surface area contributed by atoms with Crippen LogP contribution in [0, 0.1) is 6.92 Å². The average Bonchev–Trinajstić information content (AvgIpc) is 2.58. The zero-order valence-electron chi connectivity index (χ0n) is 13.2. The third-order valence-corrected chi connectivity index (χ3v) is 5.48. The van der Waals surface area contributed by atoms with Gasteiger partial charge in [-0.2, -0.15) is 0 Å². The van der Waals surface area contributed by atoms with Crippen LogP contribution in [0.1, 0.15) is 5.56 Å². The summed E-state index contributed by atoms with van der Waals surface area (Å²) in [7, 11) is -3.58. The molecular formula is C19H18N2O2S.